The van der Waals surface area contributed by atoms with Crippen molar-refractivity contribution in [1.29, 1.82) is 0 Å². The van der Waals surface area contributed by atoms with Gasteiger partial charge >= 0.3 is 0 Å². The first kappa shape index (κ1) is 12.5. The minimum Gasteiger partial charge on any atom is -0.293 e. The monoisotopic (exact) mass is 271 g/mol. The van der Waals surface area contributed by atoms with E-state index in [1.54, 1.807) is 11.3 Å². The van der Waals surface area contributed by atoms with Crippen LogP contribution in [0.25, 0.3) is 10.6 Å². The molecular formula is C16H17NOS. The van der Waals surface area contributed by atoms with Gasteiger partial charge in [0.1, 0.15) is 5.01 Å². The lowest BCUT2D eigenvalue weighted by Crippen LogP contribution is -2.25. The topological polar surface area (TPSA) is 30.0 Å². The van der Waals surface area contributed by atoms with Crippen LogP contribution in [0.5, 0.6) is 0 Å². The summed E-state index contributed by atoms with van der Waals surface area (Å²) in [4.78, 5) is 17.8. The number of nitrogens with zero attached hydrogens (tertiary/aromatic N) is 1. The minimum atomic E-state index is 0.0437. The standard InChI is InChI=1S/C16H17NOS/c1-10-5-4-6-11(7-10)15-17-12-8-16(2,3)9-13(18)14(12)19-15/h4-7H,8-9H2,1-3H3. The molecule has 3 heteroatoms. The van der Waals surface area contributed by atoms with E-state index in [4.69, 9.17) is 4.98 Å². The zero-order valence-electron chi connectivity index (χ0n) is 11.5. The summed E-state index contributed by atoms with van der Waals surface area (Å²) < 4.78 is 0. The number of fused-ring (bicyclic) bond motifs is 1. The van der Waals surface area contributed by atoms with Gasteiger partial charge in [0.25, 0.3) is 0 Å². The quantitative estimate of drug-likeness (QED) is 0.775. The number of hydrogen-bond acceptors (Lipinski definition) is 3. The molecule has 98 valence electrons. The van der Waals surface area contributed by atoms with Crippen molar-refractivity contribution in [2.75, 3.05) is 0 Å². The van der Waals surface area contributed by atoms with Gasteiger partial charge < -0.3 is 0 Å². The van der Waals surface area contributed by atoms with Crippen molar-refractivity contribution in [3.8, 4) is 10.6 Å². The Hall–Kier alpha value is -1.48. The van der Waals surface area contributed by atoms with Gasteiger partial charge in [-0.05, 0) is 24.8 Å². The van der Waals surface area contributed by atoms with Crippen molar-refractivity contribution in [2.24, 2.45) is 5.41 Å². The molecule has 2 aromatic rings. The highest BCUT2D eigenvalue weighted by Gasteiger charge is 2.33. The number of benzene rings is 1. The molecule has 0 atom stereocenters. The molecule has 2 nitrogen and oxygen atoms in total. The van der Waals surface area contributed by atoms with E-state index in [1.165, 1.54) is 5.56 Å². The molecule has 0 radical (unpaired) electrons. The number of aromatic nitrogens is 1. The van der Waals surface area contributed by atoms with Gasteiger partial charge in [0.05, 0.1) is 10.6 Å². The van der Waals surface area contributed by atoms with Crippen molar-refractivity contribution in [3.05, 3.63) is 40.4 Å². The van der Waals surface area contributed by atoms with E-state index in [0.29, 0.717) is 6.42 Å². The lowest BCUT2D eigenvalue weighted by atomic mass is 9.78. The van der Waals surface area contributed by atoms with Crippen molar-refractivity contribution < 1.29 is 4.79 Å². The van der Waals surface area contributed by atoms with Gasteiger partial charge in [0, 0.05) is 12.0 Å². The maximum atomic E-state index is 12.2. The molecule has 0 bridgehead atoms. The number of carbonyl (C=O) groups excluding carboxylic acids is 1. The van der Waals surface area contributed by atoms with Crippen LogP contribution in [-0.2, 0) is 6.42 Å². The number of aryl methyl sites for hydroxylation is 1. The predicted molar refractivity (Wildman–Crippen MR) is 78.7 cm³/mol. The molecule has 0 unspecified atom stereocenters. The van der Waals surface area contributed by atoms with Crippen LogP contribution in [0.2, 0.25) is 0 Å². The number of carbonyl (C=O) groups is 1. The average molecular weight is 271 g/mol. The second-order valence-electron chi connectivity index (χ2n) is 6.11. The Bertz CT molecular complexity index is 655. The molecule has 0 saturated carbocycles. The largest absolute Gasteiger partial charge is 0.293 e. The van der Waals surface area contributed by atoms with Crippen LogP contribution in [-0.4, -0.2) is 10.8 Å². The van der Waals surface area contributed by atoms with E-state index in [1.807, 2.05) is 6.07 Å². The molecule has 19 heavy (non-hydrogen) atoms. The molecule has 0 saturated heterocycles. The van der Waals surface area contributed by atoms with Crippen LogP contribution in [0.3, 0.4) is 0 Å². The first-order chi connectivity index (χ1) is 8.94. The average Bonchev–Trinajstić information content (AvgIpc) is 2.71. The molecule has 1 aromatic heterocycles. The highest BCUT2D eigenvalue weighted by atomic mass is 32.1. The normalized spacial score (nSPS) is 17.3. The van der Waals surface area contributed by atoms with Crippen LogP contribution in [0.1, 0.15) is 41.2 Å². The Balaban J connectivity index is 2.06. The molecule has 1 aliphatic rings. The maximum Gasteiger partial charge on any atom is 0.175 e. The molecule has 1 aliphatic carbocycles. The van der Waals surface area contributed by atoms with Crippen LogP contribution >= 0.6 is 11.3 Å². The number of hydrogen-bond donors (Lipinski definition) is 0. The maximum absolute atomic E-state index is 12.2. The molecule has 1 heterocycles. The van der Waals surface area contributed by atoms with E-state index in [-0.39, 0.29) is 11.2 Å². The van der Waals surface area contributed by atoms with Gasteiger partial charge in [-0.1, -0.05) is 37.6 Å². The van der Waals surface area contributed by atoms with Crippen LogP contribution in [0.4, 0.5) is 0 Å². The second-order valence-corrected chi connectivity index (χ2v) is 7.10. The zero-order chi connectivity index (χ0) is 13.6. The van der Waals surface area contributed by atoms with E-state index in [9.17, 15) is 4.79 Å². The Labute approximate surface area is 117 Å². The van der Waals surface area contributed by atoms with Gasteiger partial charge in [-0.25, -0.2) is 4.98 Å². The third-order valence-electron chi connectivity index (χ3n) is 3.50. The van der Waals surface area contributed by atoms with Crippen LogP contribution in [0, 0.1) is 12.3 Å². The number of rotatable bonds is 1. The Morgan fingerprint density at radius 3 is 2.79 bits per heavy atom. The number of thiazole rings is 1. The van der Waals surface area contributed by atoms with Gasteiger partial charge in [0.15, 0.2) is 5.78 Å². The van der Waals surface area contributed by atoms with Crippen molar-refractivity contribution in [3.63, 3.8) is 0 Å². The van der Waals surface area contributed by atoms with Crippen LogP contribution in [0.15, 0.2) is 24.3 Å². The summed E-state index contributed by atoms with van der Waals surface area (Å²) in [5, 5.41) is 0.972. The van der Waals surface area contributed by atoms with Crippen molar-refractivity contribution >= 4 is 17.1 Å². The predicted octanol–water partition coefficient (Wildman–Crippen LogP) is 4.27. The smallest absolute Gasteiger partial charge is 0.175 e. The lowest BCUT2D eigenvalue weighted by molar-refractivity contribution is 0.0916. The molecule has 0 aliphatic heterocycles. The van der Waals surface area contributed by atoms with Crippen LogP contribution < -0.4 is 0 Å². The van der Waals surface area contributed by atoms with Gasteiger partial charge in [-0.2, -0.15) is 0 Å². The lowest BCUT2D eigenvalue weighted by Gasteiger charge is -2.26. The second kappa shape index (κ2) is 4.27. The van der Waals surface area contributed by atoms with Gasteiger partial charge in [-0.3, -0.25) is 4.79 Å². The number of ketones is 1. The van der Waals surface area contributed by atoms with Crippen molar-refractivity contribution in [2.45, 2.75) is 33.6 Å². The summed E-state index contributed by atoms with van der Waals surface area (Å²) in [6, 6.07) is 8.30. The molecule has 0 amide bonds. The number of Topliss-reactive ketones (excluding diaryl/α,β-unsaturated/α-hetero) is 1. The van der Waals surface area contributed by atoms with Gasteiger partial charge in [-0.15, -0.1) is 11.3 Å². The summed E-state index contributed by atoms with van der Waals surface area (Å²) in [7, 11) is 0. The first-order valence-corrected chi connectivity index (χ1v) is 7.36. The van der Waals surface area contributed by atoms with Gasteiger partial charge in [0.2, 0.25) is 0 Å². The molecule has 0 spiro atoms. The Morgan fingerprint density at radius 1 is 1.26 bits per heavy atom. The molecule has 0 N–H and O–H groups in total. The fourth-order valence-electron chi connectivity index (χ4n) is 2.62. The molecule has 1 aromatic carbocycles. The SMILES string of the molecule is Cc1cccc(-c2nc3c(s2)C(=O)CC(C)(C)C3)c1. The Morgan fingerprint density at radius 2 is 2.05 bits per heavy atom. The molecular weight excluding hydrogens is 254 g/mol. The minimum absolute atomic E-state index is 0.0437. The molecule has 3 rings (SSSR count). The highest BCUT2D eigenvalue weighted by molar-refractivity contribution is 7.17. The van der Waals surface area contributed by atoms with E-state index in [0.717, 1.165) is 27.6 Å². The fraction of sp³-hybridized carbons (Fsp3) is 0.375. The van der Waals surface area contributed by atoms with E-state index in [2.05, 4.69) is 39.0 Å². The summed E-state index contributed by atoms with van der Waals surface area (Å²) in [5.74, 6) is 0.252. The summed E-state index contributed by atoms with van der Waals surface area (Å²) >= 11 is 1.55. The summed E-state index contributed by atoms with van der Waals surface area (Å²) in [5.41, 5.74) is 3.37. The van der Waals surface area contributed by atoms with E-state index < -0.39 is 0 Å². The highest BCUT2D eigenvalue weighted by Crippen LogP contribution is 2.39. The Kier molecular flexibility index (Phi) is 2.82. The molecule has 0 fully saturated rings. The fourth-order valence-corrected chi connectivity index (χ4v) is 3.64. The van der Waals surface area contributed by atoms with Crippen molar-refractivity contribution in [1.82, 2.24) is 4.98 Å². The summed E-state index contributed by atoms with van der Waals surface area (Å²) in [6.07, 6.45) is 1.53. The zero-order valence-corrected chi connectivity index (χ0v) is 12.3. The third kappa shape index (κ3) is 2.35. The summed E-state index contributed by atoms with van der Waals surface area (Å²) in [6.45, 7) is 6.35. The van der Waals surface area contributed by atoms with E-state index >= 15 is 0 Å². The third-order valence-corrected chi connectivity index (χ3v) is 4.69. The first-order valence-electron chi connectivity index (χ1n) is 6.55.